The summed E-state index contributed by atoms with van der Waals surface area (Å²) >= 11 is 0. The Morgan fingerprint density at radius 2 is 2.11 bits per heavy atom. The van der Waals surface area contributed by atoms with E-state index in [1.54, 1.807) is 0 Å². The summed E-state index contributed by atoms with van der Waals surface area (Å²) < 4.78 is 0. The second-order valence-electron chi connectivity index (χ2n) is 5.54. The van der Waals surface area contributed by atoms with Gasteiger partial charge in [0.15, 0.2) is 0 Å². The van der Waals surface area contributed by atoms with E-state index in [1.807, 2.05) is 12.4 Å². The summed E-state index contributed by atoms with van der Waals surface area (Å²) in [4.78, 5) is 11.3. The van der Waals surface area contributed by atoms with Crippen LogP contribution >= 0.6 is 0 Å². The molecule has 1 aliphatic rings. The third-order valence-electron chi connectivity index (χ3n) is 3.90. The molecule has 0 saturated carbocycles. The van der Waals surface area contributed by atoms with Gasteiger partial charge in [0, 0.05) is 25.5 Å². The third-order valence-corrected chi connectivity index (χ3v) is 3.90. The summed E-state index contributed by atoms with van der Waals surface area (Å²) in [7, 11) is 0. The Balaban J connectivity index is 1.90. The molecule has 1 saturated heterocycles. The Morgan fingerprint density at radius 3 is 2.79 bits per heavy atom. The van der Waals surface area contributed by atoms with Gasteiger partial charge in [-0.25, -0.2) is 9.97 Å². The van der Waals surface area contributed by atoms with Crippen LogP contribution in [0.3, 0.4) is 0 Å². The molecule has 0 aromatic carbocycles. The van der Waals surface area contributed by atoms with Crippen molar-refractivity contribution in [2.75, 3.05) is 24.5 Å². The number of hydrogen-bond donors (Lipinski definition) is 1. The standard InChI is InChI=1S/C15H26N4/c1-2-3-4-6-14-10-17-15(18-11-14)19-8-5-7-13(9-16)12-19/h10-11,13H,2-9,12,16H2,1H3. The van der Waals surface area contributed by atoms with E-state index in [0.717, 1.165) is 32.0 Å². The zero-order valence-electron chi connectivity index (χ0n) is 12.0. The first-order valence-electron chi connectivity index (χ1n) is 7.59. The largest absolute Gasteiger partial charge is 0.341 e. The minimum atomic E-state index is 0.599. The second kappa shape index (κ2) is 7.43. The highest BCUT2D eigenvalue weighted by Gasteiger charge is 2.20. The maximum absolute atomic E-state index is 5.77. The van der Waals surface area contributed by atoms with Crippen LogP contribution in [0.5, 0.6) is 0 Å². The average Bonchev–Trinajstić information content (AvgIpc) is 2.48. The minimum absolute atomic E-state index is 0.599. The molecule has 1 unspecified atom stereocenters. The Labute approximate surface area is 116 Å². The lowest BCUT2D eigenvalue weighted by molar-refractivity contribution is 0.419. The summed E-state index contributed by atoms with van der Waals surface area (Å²) in [6.45, 7) is 5.06. The van der Waals surface area contributed by atoms with Crippen molar-refractivity contribution in [2.24, 2.45) is 11.7 Å². The van der Waals surface area contributed by atoms with Crippen LogP contribution in [0.2, 0.25) is 0 Å². The fraction of sp³-hybridized carbons (Fsp3) is 0.733. The first-order chi connectivity index (χ1) is 9.33. The molecule has 0 amide bonds. The molecule has 0 bridgehead atoms. The van der Waals surface area contributed by atoms with Gasteiger partial charge in [0.25, 0.3) is 0 Å². The number of hydrogen-bond acceptors (Lipinski definition) is 4. The number of anilines is 1. The number of nitrogens with zero attached hydrogens (tertiary/aromatic N) is 3. The molecule has 0 radical (unpaired) electrons. The van der Waals surface area contributed by atoms with Crippen molar-refractivity contribution >= 4 is 5.95 Å². The number of nitrogens with two attached hydrogens (primary N) is 1. The number of piperidine rings is 1. The van der Waals surface area contributed by atoms with E-state index < -0.39 is 0 Å². The van der Waals surface area contributed by atoms with Gasteiger partial charge >= 0.3 is 0 Å². The number of unbranched alkanes of at least 4 members (excludes halogenated alkanes) is 2. The molecule has 1 aromatic heterocycles. The van der Waals surface area contributed by atoms with Crippen molar-refractivity contribution in [3.63, 3.8) is 0 Å². The van der Waals surface area contributed by atoms with Gasteiger partial charge in [-0.3, -0.25) is 0 Å². The highest BCUT2D eigenvalue weighted by Crippen LogP contribution is 2.19. The Hall–Kier alpha value is -1.16. The van der Waals surface area contributed by atoms with E-state index >= 15 is 0 Å². The van der Waals surface area contributed by atoms with Crippen LogP contribution < -0.4 is 10.6 Å². The van der Waals surface area contributed by atoms with Crippen molar-refractivity contribution in [3.8, 4) is 0 Å². The monoisotopic (exact) mass is 262 g/mol. The minimum Gasteiger partial charge on any atom is -0.341 e. The van der Waals surface area contributed by atoms with Crippen molar-refractivity contribution < 1.29 is 0 Å². The van der Waals surface area contributed by atoms with Crippen LogP contribution in [-0.2, 0) is 6.42 Å². The molecule has 4 nitrogen and oxygen atoms in total. The van der Waals surface area contributed by atoms with Crippen LogP contribution in [0.4, 0.5) is 5.95 Å². The highest BCUT2D eigenvalue weighted by molar-refractivity contribution is 5.30. The van der Waals surface area contributed by atoms with Crippen molar-refractivity contribution in [1.82, 2.24) is 9.97 Å². The van der Waals surface area contributed by atoms with Gasteiger partial charge in [0.05, 0.1) is 0 Å². The Kier molecular flexibility index (Phi) is 5.58. The first kappa shape index (κ1) is 14.3. The fourth-order valence-electron chi connectivity index (χ4n) is 2.66. The number of aromatic nitrogens is 2. The second-order valence-corrected chi connectivity index (χ2v) is 5.54. The zero-order chi connectivity index (χ0) is 13.5. The molecule has 1 aromatic rings. The predicted molar refractivity (Wildman–Crippen MR) is 79.3 cm³/mol. The summed E-state index contributed by atoms with van der Waals surface area (Å²) in [6.07, 6.45) is 11.3. The summed E-state index contributed by atoms with van der Waals surface area (Å²) in [5, 5.41) is 0. The molecular formula is C15H26N4. The highest BCUT2D eigenvalue weighted by atomic mass is 15.2. The molecule has 1 aliphatic heterocycles. The maximum atomic E-state index is 5.77. The molecule has 2 N–H and O–H groups in total. The Morgan fingerprint density at radius 1 is 1.32 bits per heavy atom. The number of rotatable bonds is 6. The molecule has 4 heteroatoms. The first-order valence-corrected chi connectivity index (χ1v) is 7.59. The summed E-state index contributed by atoms with van der Waals surface area (Å²) in [5.74, 6) is 1.47. The zero-order valence-corrected chi connectivity index (χ0v) is 12.0. The SMILES string of the molecule is CCCCCc1cnc(N2CCCC(CN)C2)nc1. The molecule has 106 valence electrons. The van der Waals surface area contributed by atoms with Crippen molar-refractivity contribution in [3.05, 3.63) is 18.0 Å². The van der Waals surface area contributed by atoms with E-state index in [9.17, 15) is 0 Å². The van der Waals surface area contributed by atoms with Gasteiger partial charge in [-0.2, -0.15) is 0 Å². The summed E-state index contributed by atoms with van der Waals surface area (Å²) in [6, 6.07) is 0. The lowest BCUT2D eigenvalue weighted by Gasteiger charge is -2.32. The van der Waals surface area contributed by atoms with Crippen LogP contribution in [-0.4, -0.2) is 29.6 Å². The quantitative estimate of drug-likeness (QED) is 0.800. The lowest BCUT2D eigenvalue weighted by Crippen LogP contribution is -2.39. The van der Waals surface area contributed by atoms with Gasteiger partial charge in [0.2, 0.25) is 5.95 Å². The molecule has 1 fully saturated rings. The summed E-state index contributed by atoms with van der Waals surface area (Å²) in [5.41, 5.74) is 7.02. The molecule has 0 aliphatic carbocycles. The van der Waals surface area contributed by atoms with Crippen LogP contribution in [0.1, 0.15) is 44.6 Å². The van der Waals surface area contributed by atoms with Gasteiger partial charge in [-0.05, 0) is 43.7 Å². The van der Waals surface area contributed by atoms with Gasteiger partial charge in [0.1, 0.15) is 0 Å². The predicted octanol–water partition coefficient (Wildman–Crippen LogP) is 2.38. The Bertz CT molecular complexity index is 363. The van der Waals surface area contributed by atoms with E-state index in [1.165, 1.54) is 37.7 Å². The molecule has 0 spiro atoms. The van der Waals surface area contributed by atoms with E-state index in [0.29, 0.717) is 5.92 Å². The third kappa shape index (κ3) is 4.16. The molecule has 2 rings (SSSR count). The maximum Gasteiger partial charge on any atom is 0.225 e. The average molecular weight is 262 g/mol. The van der Waals surface area contributed by atoms with E-state index in [-0.39, 0.29) is 0 Å². The van der Waals surface area contributed by atoms with Gasteiger partial charge in [-0.15, -0.1) is 0 Å². The molecule has 1 atom stereocenters. The van der Waals surface area contributed by atoms with Crippen molar-refractivity contribution in [2.45, 2.75) is 45.4 Å². The van der Waals surface area contributed by atoms with Crippen LogP contribution in [0.15, 0.2) is 12.4 Å². The van der Waals surface area contributed by atoms with Crippen LogP contribution in [0, 0.1) is 5.92 Å². The lowest BCUT2D eigenvalue weighted by atomic mass is 9.99. The topological polar surface area (TPSA) is 55.0 Å². The molecular weight excluding hydrogens is 236 g/mol. The van der Waals surface area contributed by atoms with E-state index in [4.69, 9.17) is 5.73 Å². The van der Waals surface area contributed by atoms with Gasteiger partial charge in [-0.1, -0.05) is 19.8 Å². The molecule has 19 heavy (non-hydrogen) atoms. The number of aryl methyl sites for hydroxylation is 1. The fourth-order valence-corrected chi connectivity index (χ4v) is 2.66. The smallest absolute Gasteiger partial charge is 0.225 e. The van der Waals surface area contributed by atoms with E-state index in [2.05, 4.69) is 21.8 Å². The normalized spacial score (nSPS) is 19.7. The molecule has 2 heterocycles. The van der Waals surface area contributed by atoms with Crippen molar-refractivity contribution in [1.29, 1.82) is 0 Å². The van der Waals surface area contributed by atoms with Crippen LogP contribution in [0.25, 0.3) is 0 Å². The van der Waals surface area contributed by atoms with Gasteiger partial charge < -0.3 is 10.6 Å².